The lowest BCUT2D eigenvalue weighted by atomic mass is 10.1. The minimum Gasteiger partial charge on any atom is -0.290 e. The second-order valence-corrected chi connectivity index (χ2v) is 8.71. The first-order valence-electron chi connectivity index (χ1n) is 9.45. The Hall–Kier alpha value is -3.04. The second-order valence-electron chi connectivity index (χ2n) is 6.91. The van der Waals surface area contributed by atoms with Gasteiger partial charge in [-0.25, -0.2) is 9.97 Å². The maximum absolute atomic E-state index is 13.7. The van der Waals surface area contributed by atoms with Crippen molar-refractivity contribution in [2.75, 3.05) is 0 Å². The molecule has 0 spiro atoms. The molecule has 0 amide bonds. The van der Waals surface area contributed by atoms with Crippen LogP contribution in [0.25, 0.3) is 32.4 Å². The highest BCUT2D eigenvalue weighted by Crippen LogP contribution is 2.33. The molecule has 31 heavy (non-hydrogen) atoms. The molecule has 0 fully saturated rings. The number of benzene rings is 2. The predicted molar refractivity (Wildman–Crippen MR) is 121 cm³/mol. The Kier molecular flexibility index (Phi) is 5.07. The van der Waals surface area contributed by atoms with Gasteiger partial charge >= 0.3 is 6.55 Å². The maximum Gasteiger partial charge on any atom is 0.320 e. The molecule has 0 aliphatic heterocycles. The molecule has 0 unspecified atom stereocenters. The number of hydrogen-bond acceptors (Lipinski definition) is 5. The molecule has 3 aromatic heterocycles. The molecule has 5 nitrogen and oxygen atoms in total. The van der Waals surface area contributed by atoms with Crippen molar-refractivity contribution in [2.45, 2.75) is 17.5 Å². The third-order valence-corrected chi connectivity index (χ3v) is 6.95. The molecule has 0 bridgehead atoms. The molecule has 0 saturated carbocycles. The summed E-state index contributed by atoms with van der Waals surface area (Å²) in [5, 5.41) is 2.97. The average molecular weight is 455 g/mol. The third-order valence-electron chi connectivity index (χ3n) is 5.05. The van der Waals surface area contributed by atoms with Crippen molar-refractivity contribution in [1.82, 2.24) is 19.1 Å². The van der Waals surface area contributed by atoms with Gasteiger partial charge in [-0.3, -0.25) is 13.9 Å². The second kappa shape index (κ2) is 7.90. The minimum absolute atomic E-state index is 0.157. The van der Waals surface area contributed by atoms with Crippen molar-refractivity contribution < 1.29 is 8.78 Å². The molecule has 0 N–H and O–H groups in total. The number of aromatic nitrogens is 4. The fourth-order valence-corrected chi connectivity index (χ4v) is 5.45. The van der Waals surface area contributed by atoms with Crippen LogP contribution >= 0.6 is 23.1 Å². The summed E-state index contributed by atoms with van der Waals surface area (Å²) in [6.45, 7) is -2.70. The maximum atomic E-state index is 13.7. The summed E-state index contributed by atoms with van der Waals surface area (Å²) >= 11 is 2.62. The Morgan fingerprint density at radius 1 is 1.06 bits per heavy atom. The van der Waals surface area contributed by atoms with Crippen LogP contribution < -0.4 is 5.56 Å². The first-order valence-corrected chi connectivity index (χ1v) is 11.3. The third kappa shape index (κ3) is 3.43. The Morgan fingerprint density at radius 3 is 2.58 bits per heavy atom. The van der Waals surface area contributed by atoms with Gasteiger partial charge in [-0.1, -0.05) is 54.2 Å². The fourth-order valence-electron chi connectivity index (χ4n) is 3.56. The number of thioether (sulfide) groups is 1. The largest absolute Gasteiger partial charge is 0.320 e. The van der Waals surface area contributed by atoms with Crippen molar-refractivity contribution in [1.29, 1.82) is 0 Å². The minimum atomic E-state index is -2.70. The van der Waals surface area contributed by atoms with E-state index in [0.29, 0.717) is 26.4 Å². The van der Waals surface area contributed by atoms with E-state index in [1.165, 1.54) is 27.7 Å². The lowest BCUT2D eigenvalue weighted by Crippen LogP contribution is -2.19. The number of halogens is 2. The van der Waals surface area contributed by atoms with Gasteiger partial charge in [0.1, 0.15) is 10.7 Å². The first-order chi connectivity index (χ1) is 15.0. The summed E-state index contributed by atoms with van der Waals surface area (Å²) in [6, 6.07) is 16.5. The predicted octanol–water partition coefficient (Wildman–Crippen LogP) is 5.70. The number of imidazole rings is 1. The van der Waals surface area contributed by atoms with E-state index in [1.807, 2.05) is 35.7 Å². The van der Waals surface area contributed by atoms with Gasteiger partial charge < -0.3 is 0 Å². The number of hydrogen-bond donors (Lipinski definition) is 0. The summed E-state index contributed by atoms with van der Waals surface area (Å²) in [7, 11) is 1.65. The molecular formula is C22H16F2N4OS2. The van der Waals surface area contributed by atoms with Crippen molar-refractivity contribution >= 4 is 44.3 Å². The summed E-state index contributed by atoms with van der Waals surface area (Å²) < 4.78 is 29.8. The van der Waals surface area contributed by atoms with E-state index >= 15 is 0 Å². The van der Waals surface area contributed by atoms with Gasteiger partial charge in [-0.05, 0) is 17.7 Å². The van der Waals surface area contributed by atoms with Crippen LogP contribution in [0, 0.1) is 0 Å². The molecule has 5 aromatic rings. The van der Waals surface area contributed by atoms with Gasteiger partial charge in [-0.15, -0.1) is 11.3 Å². The van der Waals surface area contributed by atoms with Gasteiger partial charge in [0.15, 0.2) is 5.16 Å². The molecule has 156 valence electrons. The number of alkyl halides is 2. The van der Waals surface area contributed by atoms with Crippen molar-refractivity contribution in [3.05, 3.63) is 76.2 Å². The molecule has 3 heterocycles. The van der Waals surface area contributed by atoms with Gasteiger partial charge in [-0.2, -0.15) is 8.78 Å². The molecule has 0 aliphatic rings. The number of nitrogens with zero attached hydrogens (tertiary/aromatic N) is 4. The highest BCUT2D eigenvalue weighted by Gasteiger charge is 2.20. The van der Waals surface area contributed by atoms with Crippen LogP contribution in [0.1, 0.15) is 12.4 Å². The van der Waals surface area contributed by atoms with E-state index in [0.717, 1.165) is 15.7 Å². The van der Waals surface area contributed by atoms with Gasteiger partial charge in [0.2, 0.25) is 0 Å². The smallest absolute Gasteiger partial charge is 0.290 e. The number of rotatable bonds is 5. The molecule has 0 atom stereocenters. The van der Waals surface area contributed by atoms with Crippen LogP contribution in [0.5, 0.6) is 0 Å². The highest BCUT2D eigenvalue weighted by atomic mass is 32.2. The summed E-state index contributed by atoms with van der Waals surface area (Å²) in [6.07, 6.45) is 0. The molecule has 0 radical (unpaired) electrons. The van der Waals surface area contributed by atoms with Gasteiger partial charge in [0.05, 0.1) is 22.2 Å². The zero-order chi connectivity index (χ0) is 21.5. The van der Waals surface area contributed by atoms with Crippen LogP contribution in [-0.2, 0) is 12.8 Å². The van der Waals surface area contributed by atoms with Crippen molar-refractivity contribution in [3.8, 4) is 11.1 Å². The zero-order valence-corrected chi connectivity index (χ0v) is 18.0. The lowest BCUT2D eigenvalue weighted by Gasteiger charge is -2.10. The molecule has 5 rings (SSSR count). The van der Waals surface area contributed by atoms with Crippen LogP contribution in [-0.4, -0.2) is 19.1 Å². The quantitative estimate of drug-likeness (QED) is 0.253. The number of fused-ring (bicyclic) bond motifs is 2. The average Bonchev–Trinajstić information content (AvgIpc) is 3.37. The summed E-state index contributed by atoms with van der Waals surface area (Å²) in [4.78, 5) is 22.7. The first kappa shape index (κ1) is 19.9. The Labute approximate surface area is 184 Å². The van der Waals surface area contributed by atoms with Crippen LogP contribution in [0.3, 0.4) is 0 Å². The van der Waals surface area contributed by atoms with Crippen LogP contribution in [0.15, 0.2) is 69.9 Å². The van der Waals surface area contributed by atoms with Crippen molar-refractivity contribution in [2.24, 2.45) is 7.05 Å². The highest BCUT2D eigenvalue weighted by molar-refractivity contribution is 7.98. The molecule has 2 aromatic carbocycles. The molecule has 0 saturated heterocycles. The van der Waals surface area contributed by atoms with Crippen LogP contribution in [0.4, 0.5) is 8.78 Å². The molecule has 0 aliphatic carbocycles. The number of para-hydroxylation sites is 2. The summed E-state index contributed by atoms with van der Waals surface area (Å²) in [5.41, 5.74) is 2.55. The van der Waals surface area contributed by atoms with E-state index < -0.39 is 6.55 Å². The van der Waals surface area contributed by atoms with E-state index in [2.05, 4.69) is 9.97 Å². The van der Waals surface area contributed by atoms with Gasteiger partial charge in [0.25, 0.3) is 5.56 Å². The SMILES string of the molecule is Cn1c(SCc2nc3ccccc3n2C(F)F)nc2scc(-c3ccccc3)c2c1=O. The molecule has 9 heteroatoms. The Bertz CT molecular complexity index is 1460. The van der Waals surface area contributed by atoms with Crippen molar-refractivity contribution in [3.63, 3.8) is 0 Å². The van der Waals surface area contributed by atoms with E-state index in [-0.39, 0.29) is 17.1 Å². The van der Waals surface area contributed by atoms with Gasteiger partial charge in [0, 0.05) is 18.0 Å². The Balaban J connectivity index is 1.53. The zero-order valence-electron chi connectivity index (χ0n) is 16.3. The molecular weight excluding hydrogens is 438 g/mol. The monoisotopic (exact) mass is 454 g/mol. The van der Waals surface area contributed by atoms with E-state index in [9.17, 15) is 13.6 Å². The van der Waals surface area contributed by atoms with Crippen LogP contribution in [0.2, 0.25) is 0 Å². The fraction of sp³-hybridized carbons (Fsp3) is 0.136. The topological polar surface area (TPSA) is 52.7 Å². The standard InChI is InChI=1S/C22H16F2N4OS2/c1-27-20(29)18-14(13-7-3-2-4-8-13)11-30-19(18)26-22(27)31-12-17-25-15-9-5-6-10-16(15)28(17)21(23)24/h2-11,21H,12H2,1H3. The van der Waals surface area contributed by atoms with E-state index in [1.54, 1.807) is 31.3 Å². The van der Waals surface area contributed by atoms with E-state index in [4.69, 9.17) is 0 Å². The Morgan fingerprint density at radius 2 is 1.81 bits per heavy atom. The lowest BCUT2D eigenvalue weighted by molar-refractivity contribution is 0.0722. The summed E-state index contributed by atoms with van der Waals surface area (Å²) in [5.74, 6) is 0.411. The number of thiophene rings is 1. The normalized spacial score (nSPS) is 11.7.